The van der Waals surface area contributed by atoms with Crippen molar-refractivity contribution >= 4 is 5.69 Å². The van der Waals surface area contributed by atoms with Crippen LogP contribution < -0.4 is 4.90 Å². The van der Waals surface area contributed by atoms with Gasteiger partial charge in [-0.25, -0.2) is 0 Å². The molecule has 0 aliphatic rings. The van der Waals surface area contributed by atoms with Crippen molar-refractivity contribution in [2.45, 2.75) is 5.92 Å². The fraction of sp³-hybridized carbons (Fsp3) is 0.333. The Kier molecular flexibility index (Phi) is 3.72. The molecule has 0 aliphatic heterocycles. The SMILES string of the molecule is C=C[C@H](CO)c1ccc(N(C)C)cc1. The van der Waals surface area contributed by atoms with E-state index in [1.54, 1.807) is 6.08 Å². The van der Waals surface area contributed by atoms with Crippen molar-refractivity contribution in [3.8, 4) is 0 Å². The third kappa shape index (κ3) is 2.36. The van der Waals surface area contributed by atoms with Crippen LogP contribution in [0.25, 0.3) is 0 Å². The lowest BCUT2D eigenvalue weighted by atomic mass is 10.00. The Labute approximate surface area is 85.5 Å². The van der Waals surface area contributed by atoms with Crippen molar-refractivity contribution in [3.63, 3.8) is 0 Å². The minimum absolute atomic E-state index is 0.0474. The van der Waals surface area contributed by atoms with E-state index in [4.69, 9.17) is 5.11 Å². The highest BCUT2D eigenvalue weighted by Crippen LogP contribution is 2.19. The molecule has 0 heterocycles. The first-order valence-electron chi connectivity index (χ1n) is 4.69. The molecule has 2 heteroatoms. The molecule has 0 spiro atoms. The molecule has 1 N–H and O–H groups in total. The zero-order valence-corrected chi connectivity index (χ0v) is 8.77. The summed E-state index contributed by atoms with van der Waals surface area (Å²) in [6.07, 6.45) is 1.77. The van der Waals surface area contributed by atoms with Crippen molar-refractivity contribution in [1.29, 1.82) is 0 Å². The fourth-order valence-electron chi connectivity index (χ4n) is 1.34. The molecule has 0 bridgehead atoms. The summed E-state index contributed by atoms with van der Waals surface area (Å²) in [6.45, 7) is 3.81. The van der Waals surface area contributed by atoms with Crippen LogP contribution in [0.2, 0.25) is 0 Å². The van der Waals surface area contributed by atoms with E-state index in [-0.39, 0.29) is 12.5 Å². The molecule has 1 rings (SSSR count). The summed E-state index contributed by atoms with van der Waals surface area (Å²) in [7, 11) is 4.01. The molecule has 1 atom stereocenters. The average molecular weight is 191 g/mol. The second-order valence-corrected chi connectivity index (χ2v) is 3.51. The molecule has 1 aromatic rings. The third-order valence-electron chi connectivity index (χ3n) is 2.32. The van der Waals surface area contributed by atoms with E-state index in [0.717, 1.165) is 11.3 Å². The molecule has 0 radical (unpaired) electrons. The van der Waals surface area contributed by atoms with Gasteiger partial charge in [-0.05, 0) is 17.7 Å². The lowest BCUT2D eigenvalue weighted by Crippen LogP contribution is -2.08. The molecule has 0 fully saturated rings. The molecular weight excluding hydrogens is 174 g/mol. The summed E-state index contributed by atoms with van der Waals surface area (Å²) in [5.41, 5.74) is 2.27. The van der Waals surface area contributed by atoms with Gasteiger partial charge < -0.3 is 10.0 Å². The maximum absolute atomic E-state index is 9.08. The van der Waals surface area contributed by atoms with E-state index >= 15 is 0 Å². The van der Waals surface area contributed by atoms with Gasteiger partial charge in [0.1, 0.15) is 0 Å². The van der Waals surface area contributed by atoms with E-state index in [1.165, 1.54) is 0 Å². The van der Waals surface area contributed by atoms with Gasteiger partial charge >= 0.3 is 0 Å². The number of hydrogen-bond donors (Lipinski definition) is 1. The van der Waals surface area contributed by atoms with Gasteiger partial charge in [-0.15, -0.1) is 6.58 Å². The van der Waals surface area contributed by atoms with Crippen molar-refractivity contribution in [1.82, 2.24) is 0 Å². The van der Waals surface area contributed by atoms with E-state index < -0.39 is 0 Å². The van der Waals surface area contributed by atoms with Crippen molar-refractivity contribution in [2.75, 3.05) is 25.6 Å². The normalized spacial score (nSPS) is 12.2. The van der Waals surface area contributed by atoms with Crippen LogP contribution in [0.1, 0.15) is 11.5 Å². The van der Waals surface area contributed by atoms with E-state index in [1.807, 2.05) is 43.3 Å². The Morgan fingerprint density at radius 2 is 1.93 bits per heavy atom. The second kappa shape index (κ2) is 4.82. The summed E-state index contributed by atoms with van der Waals surface area (Å²) >= 11 is 0. The second-order valence-electron chi connectivity index (χ2n) is 3.51. The number of nitrogens with zero attached hydrogens (tertiary/aromatic N) is 1. The number of anilines is 1. The smallest absolute Gasteiger partial charge is 0.0534 e. The van der Waals surface area contributed by atoms with Gasteiger partial charge in [0.25, 0.3) is 0 Å². The van der Waals surface area contributed by atoms with Crippen LogP contribution in [0.5, 0.6) is 0 Å². The summed E-state index contributed by atoms with van der Waals surface area (Å²) in [5, 5.41) is 9.08. The van der Waals surface area contributed by atoms with Crippen LogP contribution in [-0.4, -0.2) is 25.8 Å². The quantitative estimate of drug-likeness (QED) is 0.736. The number of rotatable bonds is 4. The van der Waals surface area contributed by atoms with Crippen molar-refractivity contribution < 1.29 is 5.11 Å². The Morgan fingerprint density at radius 3 is 2.29 bits per heavy atom. The number of aliphatic hydroxyl groups excluding tert-OH is 1. The van der Waals surface area contributed by atoms with Crippen LogP contribution in [0, 0.1) is 0 Å². The molecule has 0 aliphatic carbocycles. The van der Waals surface area contributed by atoms with Gasteiger partial charge in [-0.1, -0.05) is 18.2 Å². The maximum Gasteiger partial charge on any atom is 0.0534 e. The van der Waals surface area contributed by atoms with Crippen LogP contribution in [0.4, 0.5) is 5.69 Å². The zero-order valence-electron chi connectivity index (χ0n) is 8.77. The van der Waals surface area contributed by atoms with Gasteiger partial charge in [0.2, 0.25) is 0 Å². The van der Waals surface area contributed by atoms with Gasteiger partial charge in [0, 0.05) is 25.7 Å². The Hall–Kier alpha value is -1.28. The molecule has 2 nitrogen and oxygen atoms in total. The average Bonchev–Trinajstić information content (AvgIpc) is 2.20. The molecule has 0 unspecified atom stereocenters. The maximum atomic E-state index is 9.08. The molecule has 1 aromatic carbocycles. The van der Waals surface area contributed by atoms with Gasteiger partial charge in [0.05, 0.1) is 6.61 Å². The zero-order chi connectivity index (χ0) is 10.6. The van der Waals surface area contributed by atoms with E-state index in [2.05, 4.69) is 6.58 Å². The summed E-state index contributed by atoms with van der Waals surface area (Å²) in [4.78, 5) is 2.05. The first-order chi connectivity index (χ1) is 6.69. The minimum Gasteiger partial charge on any atom is -0.395 e. The molecule has 14 heavy (non-hydrogen) atoms. The summed E-state index contributed by atoms with van der Waals surface area (Å²) in [6, 6.07) is 8.14. The predicted octanol–water partition coefficient (Wildman–Crippen LogP) is 2.01. The Bertz CT molecular complexity index is 290. The summed E-state index contributed by atoms with van der Waals surface area (Å²) in [5.74, 6) is 0.0474. The van der Waals surface area contributed by atoms with Crippen LogP contribution in [0.15, 0.2) is 36.9 Å². The summed E-state index contributed by atoms with van der Waals surface area (Å²) < 4.78 is 0. The number of hydrogen-bond acceptors (Lipinski definition) is 2. The van der Waals surface area contributed by atoms with Crippen molar-refractivity contribution in [3.05, 3.63) is 42.5 Å². The standard InChI is InChI=1S/C12H17NO/c1-4-10(9-14)11-5-7-12(8-6-11)13(2)3/h4-8,10,14H,1,9H2,2-3H3/t10-/m1/s1. The monoisotopic (exact) mass is 191 g/mol. The molecule has 76 valence electrons. The van der Waals surface area contributed by atoms with E-state index in [0.29, 0.717) is 0 Å². The largest absolute Gasteiger partial charge is 0.395 e. The highest BCUT2D eigenvalue weighted by molar-refractivity contribution is 5.46. The Balaban J connectivity index is 2.87. The number of aliphatic hydroxyl groups is 1. The van der Waals surface area contributed by atoms with Crippen molar-refractivity contribution in [2.24, 2.45) is 0 Å². The first kappa shape index (κ1) is 10.8. The Morgan fingerprint density at radius 1 is 1.36 bits per heavy atom. The van der Waals surface area contributed by atoms with Gasteiger partial charge in [-0.3, -0.25) is 0 Å². The minimum atomic E-state index is 0.0474. The van der Waals surface area contributed by atoms with Crippen LogP contribution in [0.3, 0.4) is 0 Å². The molecular formula is C12H17NO. The predicted molar refractivity (Wildman–Crippen MR) is 60.8 cm³/mol. The highest BCUT2D eigenvalue weighted by Gasteiger charge is 2.05. The molecule has 0 saturated carbocycles. The molecule has 0 saturated heterocycles. The topological polar surface area (TPSA) is 23.5 Å². The lowest BCUT2D eigenvalue weighted by Gasteiger charge is -2.14. The van der Waals surface area contributed by atoms with Gasteiger partial charge in [-0.2, -0.15) is 0 Å². The number of benzene rings is 1. The molecule has 0 amide bonds. The van der Waals surface area contributed by atoms with Gasteiger partial charge in [0.15, 0.2) is 0 Å². The highest BCUT2D eigenvalue weighted by atomic mass is 16.3. The van der Waals surface area contributed by atoms with Crippen LogP contribution in [-0.2, 0) is 0 Å². The van der Waals surface area contributed by atoms with E-state index in [9.17, 15) is 0 Å². The van der Waals surface area contributed by atoms with Crippen LogP contribution >= 0.6 is 0 Å². The first-order valence-corrected chi connectivity index (χ1v) is 4.69. The third-order valence-corrected chi connectivity index (χ3v) is 2.32. The lowest BCUT2D eigenvalue weighted by molar-refractivity contribution is 0.283. The molecule has 0 aromatic heterocycles. The fourth-order valence-corrected chi connectivity index (χ4v) is 1.34.